The van der Waals surface area contributed by atoms with Gasteiger partial charge in [0.15, 0.2) is 0 Å². The molecule has 0 spiro atoms. The summed E-state index contributed by atoms with van der Waals surface area (Å²) in [5.41, 5.74) is 0.444. The van der Waals surface area contributed by atoms with Gasteiger partial charge in [0.25, 0.3) is 0 Å². The van der Waals surface area contributed by atoms with Crippen LogP contribution in [0.3, 0.4) is 0 Å². The molecule has 16 heavy (non-hydrogen) atoms. The van der Waals surface area contributed by atoms with Crippen molar-refractivity contribution in [3.8, 4) is 0 Å². The number of piperidine rings is 1. The minimum atomic E-state index is 0.444. The molecule has 0 radical (unpaired) electrons. The predicted octanol–water partition coefficient (Wildman–Crippen LogP) is 3.26. The second-order valence-electron chi connectivity index (χ2n) is 5.55. The van der Waals surface area contributed by atoms with Gasteiger partial charge in [0.05, 0.1) is 6.10 Å². The van der Waals surface area contributed by atoms with E-state index >= 15 is 0 Å². The van der Waals surface area contributed by atoms with Crippen molar-refractivity contribution in [3.63, 3.8) is 0 Å². The molecule has 2 heterocycles. The molecule has 0 amide bonds. The summed E-state index contributed by atoms with van der Waals surface area (Å²) >= 11 is 0. The molecule has 0 bridgehead atoms. The molecule has 2 saturated heterocycles. The summed E-state index contributed by atoms with van der Waals surface area (Å²) in [6.07, 6.45) is 12.5. The highest BCUT2D eigenvalue weighted by Crippen LogP contribution is 2.30. The van der Waals surface area contributed by atoms with E-state index in [0.717, 1.165) is 6.61 Å². The highest BCUT2D eigenvalue weighted by Gasteiger charge is 2.30. The van der Waals surface area contributed by atoms with Gasteiger partial charge in [-0.1, -0.05) is 13.3 Å². The van der Waals surface area contributed by atoms with E-state index in [9.17, 15) is 0 Å². The van der Waals surface area contributed by atoms with Crippen LogP contribution >= 0.6 is 0 Å². The molecule has 0 saturated carbocycles. The predicted molar refractivity (Wildman–Crippen MR) is 67.7 cm³/mol. The zero-order chi connectivity index (χ0) is 11.3. The summed E-state index contributed by atoms with van der Waals surface area (Å²) in [6.45, 7) is 4.55. The van der Waals surface area contributed by atoms with Crippen molar-refractivity contribution in [1.82, 2.24) is 5.32 Å². The summed E-state index contributed by atoms with van der Waals surface area (Å²) < 4.78 is 5.83. The van der Waals surface area contributed by atoms with Crippen LogP contribution in [0.15, 0.2) is 0 Å². The van der Waals surface area contributed by atoms with Crippen LogP contribution in [0.4, 0.5) is 0 Å². The molecule has 0 aromatic rings. The Kier molecular flexibility index (Phi) is 4.66. The second kappa shape index (κ2) is 6.02. The van der Waals surface area contributed by atoms with Crippen LogP contribution in [-0.4, -0.2) is 24.8 Å². The average molecular weight is 225 g/mol. The van der Waals surface area contributed by atoms with Gasteiger partial charge in [-0.25, -0.2) is 0 Å². The number of hydrogen-bond donors (Lipinski definition) is 1. The molecular formula is C14H27NO. The third kappa shape index (κ3) is 3.21. The maximum absolute atomic E-state index is 5.83. The summed E-state index contributed by atoms with van der Waals surface area (Å²) in [5.74, 6) is 0. The fourth-order valence-corrected chi connectivity index (χ4v) is 3.19. The summed E-state index contributed by atoms with van der Waals surface area (Å²) in [7, 11) is 0. The van der Waals surface area contributed by atoms with Gasteiger partial charge >= 0.3 is 0 Å². The molecule has 2 heteroatoms. The fraction of sp³-hybridized carbons (Fsp3) is 1.00. The van der Waals surface area contributed by atoms with Crippen LogP contribution < -0.4 is 5.32 Å². The Hall–Kier alpha value is -0.0800. The summed E-state index contributed by atoms with van der Waals surface area (Å²) in [5, 5.41) is 3.77. The molecule has 2 fully saturated rings. The lowest BCUT2D eigenvalue weighted by molar-refractivity contribution is 0.00377. The van der Waals surface area contributed by atoms with Crippen LogP contribution in [0.2, 0.25) is 0 Å². The Morgan fingerprint density at radius 2 is 2.19 bits per heavy atom. The normalized spacial score (nSPS) is 36.2. The van der Waals surface area contributed by atoms with Gasteiger partial charge in [0.1, 0.15) is 0 Å². The smallest absolute Gasteiger partial charge is 0.0575 e. The molecule has 1 N–H and O–H groups in total. The van der Waals surface area contributed by atoms with Crippen molar-refractivity contribution in [2.75, 3.05) is 13.2 Å². The molecule has 0 aliphatic carbocycles. The Morgan fingerprint density at radius 3 is 2.81 bits per heavy atom. The standard InChI is InChI=1S/C14H27NO/c1-2-14(9-4-5-11-15-14)10-8-13-7-3-6-12-16-13/h13,15H,2-12H2,1H3. The average Bonchev–Trinajstić information content (AvgIpc) is 2.39. The molecule has 2 aliphatic rings. The van der Waals surface area contributed by atoms with Gasteiger partial charge in [-0.3, -0.25) is 0 Å². The third-order valence-corrected chi connectivity index (χ3v) is 4.48. The van der Waals surface area contributed by atoms with Crippen molar-refractivity contribution >= 4 is 0 Å². The van der Waals surface area contributed by atoms with E-state index < -0.39 is 0 Å². The maximum atomic E-state index is 5.83. The highest BCUT2D eigenvalue weighted by molar-refractivity contribution is 4.90. The largest absolute Gasteiger partial charge is 0.378 e. The molecule has 2 rings (SSSR count). The van der Waals surface area contributed by atoms with Crippen molar-refractivity contribution in [1.29, 1.82) is 0 Å². The Balaban J connectivity index is 1.77. The zero-order valence-corrected chi connectivity index (χ0v) is 10.8. The van der Waals surface area contributed by atoms with Crippen molar-refractivity contribution < 1.29 is 4.74 Å². The quantitative estimate of drug-likeness (QED) is 0.793. The molecule has 2 aliphatic heterocycles. The first-order valence-electron chi connectivity index (χ1n) is 7.21. The topological polar surface area (TPSA) is 21.3 Å². The first kappa shape index (κ1) is 12.4. The Bertz CT molecular complexity index is 193. The van der Waals surface area contributed by atoms with E-state index in [1.165, 1.54) is 64.3 Å². The van der Waals surface area contributed by atoms with Crippen molar-refractivity contribution in [2.45, 2.75) is 76.4 Å². The minimum Gasteiger partial charge on any atom is -0.378 e. The lowest BCUT2D eigenvalue weighted by Crippen LogP contribution is -2.48. The molecule has 2 atom stereocenters. The minimum absolute atomic E-state index is 0.444. The lowest BCUT2D eigenvalue weighted by Gasteiger charge is -2.39. The Morgan fingerprint density at radius 1 is 1.25 bits per heavy atom. The van der Waals surface area contributed by atoms with Crippen molar-refractivity contribution in [3.05, 3.63) is 0 Å². The summed E-state index contributed by atoms with van der Waals surface area (Å²) in [6, 6.07) is 0. The molecule has 2 nitrogen and oxygen atoms in total. The number of nitrogens with one attached hydrogen (secondary N) is 1. The first-order valence-corrected chi connectivity index (χ1v) is 7.21. The van der Waals surface area contributed by atoms with Gasteiger partial charge in [-0.15, -0.1) is 0 Å². The van der Waals surface area contributed by atoms with E-state index in [2.05, 4.69) is 12.2 Å². The third-order valence-electron chi connectivity index (χ3n) is 4.48. The van der Waals surface area contributed by atoms with E-state index in [-0.39, 0.29) is 0 Å². The Labute approximate surface area is 100 Å². The SMILES string of the molecule is CCC1(CCC2CCCCO2)CCCCN1. The van der Waals surface area contributed by atoms with Crippen LogP contribution in [0, 0.1) is 0 Å². The van der Waals surface area contributed by atoms with Gasteiger partial charge in [-0.2, -0.15) is 0 Å². The number of ether oxygens (including phenoxy) is 1. The number of rotatable bonds is 4. The zero-order valence-electron chi connectivity index (χ0n) is 10.8. The maximum Gasteiger partial charge on any atom is 0.0575 e. The van der Waals surface area contributed by atoms with Crippen LogP contribution in [0.25, 0.3) is 0 Å². The van der Waals surface area contributed by atoms with Gasteiger partial charge in [0.2, 0.25) is 0 Å². The molecule has 94 valence electrons. The highest BCUT2D eigenvalue weighted by atomic mass is 16.5. The second-order valence-corrected chi connectivity index (χ2v) is 5.55. The summed E-state index contributed by atoms with van der Waals surface area (Å²) in [4.78, 5) is 0. The monoisotopic (exact) mass is 225 g/mol. The van der Waals surface area contributed by atoms with E-state index in [1.54, 1.807) is 0 Å². The van der Waals surface area contributed by atoms with Gasteiger partial charge < -0.3 is 10.1 Å². The molecule has 2 unspecified atom stereocenters. The van der Waals surface area contributed by atoms with E-state index in [1.807, 2.05) is 0 Å². The van der Waals surface area contributed by atoms with Gasteiger partial charge in [-0.05, 0) is 57.9 Å². The van der Waals surface area contributed by atoms with Crippen LogP contribution in [0.5, 0.6) is 0 Å². The van der Waals surface area contributed by atoms with E-state index in [0.29, 0.717) is 11.6 Å². The number of hydrogen-bond acceptors (Lipinski definition) is 2. The van der Waals surface area contributed by atoms with Crippen LogP contribution in [0.1, 0.15) is 64.7 Å². The van der Waals surface area contributed by atoms with E-state index in [4.69, 9.17) is 4.74 Å². The molecule has 0 aromatic heterocycles. The molecular weight excluding hydrogens is 198 g/mol. The van der Waals surface area contributed by atoms with Gasteiger partial charge in [0, 0.05) is 12.1 Å². The van der Waals surface area contributed by atoms with Crippen molar-refractivity contribution in [2.24, 2.45) is 0 Å². The molecule has 0 aromatic carbocycles. The fourth-order valence-electron chi connectivity index (χ4n) is 3.19. The first-order chi connectivity index (χ1) is 7.85. The van der Waals surface area contributed by atoms with Crippen LogP contribution in [-0.2, 0) is 4.74 Å². The lowest BCUT2D eigenvalue weighted by atomic mass is 9.81.